The molecule has 0 amide bonds. The molecule has 38 heavy (non-hydrogen) atoms. The summed E-state index contributed by atoms with van der Waals surface area (Å²) in [6.07, 6.45) is 11.5. The second-order valence-electron chi connectivity index (χ2n) is 15.0. The Balaban J connectivity index is 1.39. The van der Waals surface area contributed by atoms with Gasteiger partial charge in [-0.3, -0.25) is 0 Å². The molecule has 0 unspecified atom stereocenters. The minimum atomic E-state index is -1.74. The van der Waals surface area contributed by atoms with E-state index in [1.807, 2.05) is 6.07 Å². The van der Waals surface area contributed by atoms with E-state index in [-0.39, 0.29) is 11.5 Å². The van der Waals surface area contributed by atoms with Gasteiger partial charge in [-0.15, -0.1) is 0 Å². The molecular formula is C32H51NO3Si2. The number of nitrogens with zero attached hydrogens (tertiary/aromatic N) is 1. The Bertz CT molecular complexity index is 1060. The molecule has 210 valence electrons. The fraction of sp³-hybridized carbons (Fsp3) is 0.719. The van der Waals surface area contributed by atoms with E-state index < -0.39 is 16.6 Å². The number of fused-ring (bicyclic) bond motifs is 5. The highest BCUT2D eigenvalue weighted by molar-refractivity contribution is 6.70. The Morgan fingerprint density at radius 1 is 0.868 bits per heavy atom. The van der Waals surface area contributed by atoms with Gasteiger partial charge in [0.2, 0.25) is 0 Å². The first-order valence-corrected chi connectivity index (χ1v) is 21.9. The second-order valence-corrected chi connectivity index (χ2v) is 23.9. The Morgan fingerprint density at radius 2 is 1.55 bits per heavy atom. The quantitative estimate of drug-likeness (QED) is 0.193. The van der Waals surface area contributed by atoms with Gasteiger partial charge < -0.3 is 13.7 Å². The van der Waals surface area contributed by atoms with Crippen molar-refractivity contribution in [2.45, 2.75) is 117 Å². The number of hydrogen-bond acceptors (Lipinski definition) is 4. The molecule has 4 aliphatic rings. The van der Waals surface area contributed by atoms with Gasteiger partial charge in [0.05, 0.1) is 11.8 Å². The summed E-state index contributed by atoms with van der Waals surface area (Å²) in [7, 11) is -3.26. The van der Waals surface area contributed by atoms with E-state index in [1.54, 1.807) is 5.57 Å². The molecule has 1 aromatic carbocycles. The molecule has 0 aromatic heterocycles. The Labute approximate surface area is 233 Å². The maximum absolute atomic E-state index is 6.84. The average Bonchev–Trinajstić information content (AvgIpc) is 3.09. The number of hydrogen-bond donors (Lipinski definition) is 0. The minimum absolute atomic E-state index is 0.0576. The van der Waals surface area contributed by atoms with Crippen molar-refractivity contribution < 1.29 is 13.7 Å². The van der Waals surface area contributed by atoms with Gasteiger partial charge in [-0.25, -0.2) is 0 Å². The smallest absolute Gasteiger partial charge is 0.184 e. The molecule has 4 nitrogen and oxygen atoms in total. The van der Waals surface area contributed by atoms with Gasteiger partial charge in [-0.05, 0) is 113 Å². The van der Waals surface area contributed by atoms with Crippen LogP contribution in [0.4, 0.5) is 0 Å². The number of allylic oxidation sites excluding steroid dienone is 1. The molecule has 0 aliphatic heterocycles. The molecule has 0 bridgehead atoms. The molecule has 0 saturated heterocycles. The minimum Gasteiger partial charge on any atom is -0.414 e. The van der Waals surface area contributed by atoms with Gasteiger partial charge in [0, 0.05) is 11.5 Å². The number of rotatable bonds is 7. The zero-order valence-corrected chi connectivity index (χ0v) is 27.2. The van der Waals surface area contributed by atoms with Crippen LogP contribution in [0.3, 0.4) is 0 Å². The van der Waals surface area contributed by atoms with Crippen LogP contribution in [0.2, 0.25) is 39.3 Å². The molecule has 0 heterocycles. The van der Waals surface area contributed by atoms with Crippen molar-refractivity contribution in [2.24, 2.45) is 33.7 Å². The molecule has 0 N–H and O–H groups in total. The summed E-state index contributed by atoms with van der Waals surface area (Å²) >= 11 is 0. The predicted molar refractivity (Wildman–Crippen MR) is 162 cm³/mol. The molecule has 0 radical (unpaired) electrons. The van der Waals surface area contributed by atoms with Crippen LogP contribution in [-0.2, 0) is 20.3 Å². The van der Waals surface area contributed by atoms with Crippen molar-refractivity contribution in [2.75, 3.05) is 0 Å². The summed E-state index contributed by atoms with van der Waals surface area (Å²) in [6, 6.07) is 10.4. The summed E-state index contributed by atoms with van der Waals surface area (Å²) < 4.78 is 13.4. The van der Waals surface area contributed by atoms with E-state index in [0.717, 1.165) is 24.3 Å². The van der Waals surface area contributed by atoms with Crippen LogP contribution in [0.5, 0.6) is 0 Å². The van der Waals surface area contributed by atoms with Crippen molar-refractivity contribution in [1.82, 2.24) is 0 Å². The van der Waals surface area contributed by atoms with Crippen molar-refractivity contribution >= 4 is 22.3 Å². The van der Waals surface area contributed by atoms with Crippen molar-refractivity contribution in [3.8, 4) is 0 Å². The lowest BCUT2D eigenvalue weighted by atomic mass is 9.48. The largest absolute Gasteiger partial charge is 0.414 e. The first kappa shape index (κ1) is 28.3. The summed E-state index contributed by atoms with van der Waals surface area (Å²) in [5.74, 6) is 2.06. The van der Waals surface area contributed by atoms with E-state index in [1.165, 1.54) is 37.8 Å². The lowest BCUT2D eigenvalue weighted by molar-refractivity contribution is -0.0217. The summed E-state index contributed by atoms with van der Waals surface area (Å²) in [5.41, 5.74) is 4.43. The average molecular weight is 554 g/mol. The molecule has 4 aliphatic carbocycles. The number of benzene rings is 1. The summed E-state index contributed by atoms with van der Waals surface area (Å²) in [6.45, 7) is 19.5. The van der Waals surface area contributed by atoms with Gasteiger partial charge in [0.1, 0.15) is 6.61 Å². The fourth-order valence-corrected chi connectivity index (χ4v) is 10.7. The molecule has 0 spiro atoms. The van der Waals surface area contributed by atoms with Gasteiger partial charge in [0.15, 0.2) is 16.6 Å². The fourth-order valence-electron chi connectivity index (χ4n) is 8.46. The maximum atomic E-state index is 6.84. The normalized spacial score (nSPS) is 38.3. The van der Waals surface area contributed by atoms with Crippen LogP contribution >= 0.6 is 0 Å². The van der Waals surface area contributed by atoms with E-state index in [4.69, 9.17) is 18.8 Å². The zero-order chi connectivity index (χ0) is 27.3. The van der Waals surface area contributed by atoms with Crippen molar-refractivity contribution in [3.05, 3.63) is 47.5 Å². The third kappa shape index (κ3) is 5.66. The highest BCUT2D eigenvalue weighted by Crippen LogP contribution is 2.64. The third-order valence-electron chi connectivity index (χ3n) is 10.1. The maximum Gasteiger partial charge on any atom is 0.184 e. The number of oxime groups is 1. The van der Waals surface area contributed by atoms with E-state index >= 15 is 0 Å². The molecule has 5 rings (SSSR count). The summed E-state index contributed by atoms with van der Waals surface area (Å²) in [5, 5.41) is 4.91. The molecule has 3 fully saturated rings. The van der Waals surface area contributed by atoms with Crippen molar-refractivity contribution in [3.63, 3.8) is 0 Å². The zero-order valence-electron chi connectivity index (χ0n) is 25.2. The highest BCUT2D eigenvalue weighted by atomic mass is 28.4. The van der Waals surface area contributed by atoms with Crippen LogP contribution in [0.1, 0.15) is 64.4 Å². The topological polar surface area (TPSA) is 40.0 Å². The van der Waals surface area contributed by atoms with Crippen LogP contribution in [0, 0.1) is 28.6 Å². The van der Waals surface area contributed by atoms with Crippen LogP contribution in [0.15, 0.2) is 47.1 Å². The van der Waals surface area contributed by atoms with Crippen molar-refractivity contribution in [1.29, 1.82) is 0 Å². The van der Waals surface area contributed by atoms with Crippen LogP contribution < -0.4 is 0 Å². The Morgan fingerprint density at radius 3 is 2.24 bits per heavy atom. The van der Waals surface area contributed by atoms with Gasteiger partial charge in [-0.2, -0.15) is 0 Å². The Kier molecular flexibility index (Phi) is 7.69. The predicted octanol–water partition coefficient (Wildman–Crippen LogP) is 8.57. The van der Waals surface area contributed by atoms with Gasteiger partial charge in [0.25, 0.3) is 0 Å². The lowest BCUT2D eigenvalue weighted by Gasteiger charge is -2.57. The second kappa shape index (κ2) is 10.3. The van der Waals surface area contributed by atoms with Gasteiger partial charge >= 0.3 is 0 Å². The molecule has 7 atom stereocenters. The van der Waals surface area contributed by atoms with Crippen LogP contribution in [-0.4, -0.2) is 34.6 Å². The Hall–Kier alpha value is -1.22. The molecular weight excluding hydrogens is 503 g/mol. The SMILES string of the molecule is C[C@]12CC[C@H](O[Si](C)(C)C)CC1=CC[C@@H]1[C@@H]2CC[C@]2(C)/C(=N\OCc3ccccc3)[C@@H](O[Si](C)(C)C)C[C@@H]12. The van der Waals surface area contributed by atoms with Gasteiger partial charge in [-0.1, -0.05) is 61.0 Å². The molecule has 1 aromatic rings. The van der Waals surface area contributed by atoms with Crippen LogP contribution in [0.25, 0.3) is 0 Å². The summed E-state index contributed by atoms with van der Waals surface area (Å²) in [4.78, 5) is 6.06. The van der Waals surface area contributed by atoms with E-state index in [9.17, 15) is 0 Å². The molecule has 6 heteroatoms. The molecule has 3 saturated carbocycles. The lowest BCUT2D eigenvalue weighted by Crippen LogP contribution is -2.51. The first-order valence-electron chi connectivity index (χ1n) is 15.1. The van der Waals surface area contributed by atoms with E-state index in [0.29, 0.717) is 30.0 Å². The first-order chi connectivity index (χ1) is 17.8. The monoisotopic (exact) mass is 553 g/mol. The highest BCUT2D eigenvalue weighted by Gasteiger charge is 2.61. The van der Waals surface area contributed by atoms with E-state index in [2.05, 4.69) is 83.5 Å². The standard InChI is InChI=1S/C32H51NO3Si2/c1-31-18-16-25(35-37(3,4)5)20-24(31)14-15-26-27(31)17-19-32(2)28(26)21-29(36-38(6,7)8)30(32)33-34-22-23-12-10-9-11-13-23/h9-14,25-29H,15-22H2,1-8H3/b33-30-/t25-,26+,27-,28-,29-,31-,32-/m0/s1. The third-order valence-corrected chi connectivity index (χ3v) is 12.1.